The number of amides is 1. The van der Waals surface area contributed by atoms with Crippen LogP contribution >= 0.6 is 27.5 Å². The molecule has 0 atom stereocenters. The number of benzene rings is 1. The zero-order valence-electron chi connectivity index (χ0n) is 11.3. The van der Waals surface area contributed by atoms with Gasteiger partial charge in [0.2, 0.25) is 0 Å². The van der Waals surface area contributed by atoms with E-state index in [2.05, 4.69) is 28.2 Å². The maximum atomic E-state index is 11.9. The molecule has 0 saturated carbocycles. The normalized spacial score (nSPS) is 10.5. The Morgan fingerprint density at radius 1 is 1.21 bits per heavy atom. The largest absolute Gasteiger partial charge is 0.352 e. The minimum Gasteiger partial charge on any atom is -0.352 e. The van der Waals surface area contributed by atoms with E-state index in [1.165, 1.54) is 32.1 Å². The lowest BCUT2D eigenvalue weighted by atomic mass is 10.1. The van der Waals surface area contributed by atoms with Crippen LogP contribution in [-0.4, -0.2) is 12.5 Å². The summed E-state index contributed by atoms with van der Waals surface area (Å²) >= 11 is 9.40. The van der Waals surface area contributed by atoms with Crippen molar-refractivity contribution in [2.24, 2.45) is 0 Å². The van der Waals surface area contributed by atoms with Gasteiger partial charge in [-0.3, -0.25) is 4.79 Å². The van der Waals surface area contributed by atoms with E-state index in [9.17, 15) is 4.79 Å². The summed E-state index contributed by atoms with van der Waals surface area (Å²) in [5.41, 5.74) is 0.530. The van der Waals surface area contributed by atoms with E-state index in [-0.39, 0.29) is 5.91 Å². The first-order valence-electron chi connectivity index (χ1n) is 6.89. The average Bonchev–Trinajstić information content (AvgIpc) is 2.40. The lowest BCUT2D eigenvalue weighted by molar-refractivity contribution is 0.0953. The van der Waals surface area contributed by atoms with Gasteiger partial charge < -0.3 is 5.32 Å². The molecule has 0 spiro atoms. The third-order valence-corrected chi connectivity index (χ3v) is 4.31. The van der Waals surface area contributed by atoms with Crippen molar-refractivity contribution in [1.82, 2.24) is 5.32 Å². The number of unbranched alkanes of at least 4 members (excludes halogenated alkanes) is 5. The Morgan fingerprint density at radius 3 is 2.63 bits per heavy atom. The summed E-state index contributed by atoms with van der Waals surface area (Å²) in [5, 5.41) is 3.39. The molecule has 0 aromatic heterocycles. The lowest BCUT2D eigenvalue weighted by Crippen LogP contribution is -2.24. The number of hydrogen-bond donors (Lipinski definition) is 1. The van der Waals surface area contributed by atoms with Gasteiger partial charge in [0.25, 0.3) is 5.91 Å². The van der Waals surface area contributed by atoms with Crippen LogP contribution in [0.4, 0.5) is 0 Å². The first kappa shape index (κ1) is 16.5. The minimum absolute atomic E-state index is 0.0974. The third-order valence-electron chi connectivity index (χ3n) is 3.01. The first-order valence-corrected chi connectivity index (χ1v) is 8.06. The van der Waals surface area contributed by atoms with Crippen molar-refractivity contribution < 1.29 is 4.79 Å². The molecular weight excluding hydrogens is 326 g/mol. The number of rotatable bonds is 8. The van der Waals surface area contributed by atoms with Crippen molar-refractivity contribution in [3.8, 4) is 0 Å². The molecule has 0 aliphatic carbocycles. The van der Waals surface area contributed by atoms with Gasteiger partial charge in [0, 0.05) is 11.0 Å². The fraction of sp³-hybridized carbons (Fsp3) is 0.533. The van der Waals surface area contributed by atoms with Crippen molar-refractivity contribution in [2.75, 3.05) is 6.54 Å². The molecule has 106 valence electrons. The third kappa shape index (κ3) is 5.96. The van der Waals surface area contributed by atoms with Crippen LogP contribution in [0.1, 0.15) is 55.8 Å². The molecule has 0 unspecified atom stereocenters. The number of carbonyl (C=O) groups is 1. The SMILES string of the molecule is CCCCCCCCNC(=O)c1cccc(Br)c1Cl. The summed E-state index contributed by atoms with van der Waals surface area (Å²) in [7, 11) is 0. The fourth-order valence-corrected chi connectivity index (χ4v) is 2.46. The van der Waals surface area contributed by atoms with E-state index in [1.54, 1.807) is 6.07 Å². The molecule has 1 aromatic rings. The highest BCUT2D eigenvalue weighted by atomic mass is 79.9. The van der Waals surface area contributed by atoms with Crippen molar-refractivity contribution in [3.63, 3.8) is 0 Å². The predicted octanol–water partition coefficient (Wildman–Crippen LogP) is 5.19. The second kappa shape index (κ2) is 9.38. The summed E-state index contributed by atoms with van der Waals surface area (Å²) < 4.78 is 0.751. The van der Waals surface area contributed by atoms with Gasteiger partial charge in [-0.25, -0.2) is 0 Å². The van der Waals surface area contributed by atoms with E-state index in [4.69, 9.17) is 11.6 Å². The maximum Gasteiger partial charge on any atom is 0.252 e. The van der Waals surface area contributed by atoms with Gasteiger partial charge in [-0.2, -0.15) is 0 Å². The Bertz CT molecular complexity index is 409. The second-order valence-corrected chi connectivity index (χ2v) is 5.86. The van der Waals surface area contributed by atoms with Gasteiger partial charge in [-0.05, 0) is 34.5 Å². The molecule has 4 heteroatoms. The van der Waals surface area contributed by atoms with Crippen LogP contribution in [0.25, 0.3) is 0 Å². The Morgan fingerprint density at radius 2 is 1.89 bits per heavy atom. The molecule has 19 heavy (non-hydrogen) atoms. The minimum atomic E-state index is -0.0974. The zero-order valence-corrected chi connectivity index (χ0v) is 13.7. The molecule has 0 bridgehead atoms. The number of carbonyl (C=O) groups excluding carboxylic acids is 1. The van der Waals surface area contributed by atoms with Crippen molar-refractivity contribution in [3.05, 3.63) is 33.3 Å². The van der Waals surface area contributed by atoms with Crippen LogP contribution < -0.4 is 5.32 Å². The standard InChI is InChI=1S/C15H21BrClNO/c1-2-3-4-5-6-7-11-18-15(19)12-9-8-10-13(16)14(12)17/h8-10H,2-7,11H2,1H3,(H,18,19). The molecule has 0 fully saturated rings. The van der Waals surface area contributed by atoms with Crippen LogP contribution in [0.2, 0.25) is 5.02 Å². The van der Waals surface area contributed by atoms with E-state index in [1.807, 2.05) is 12.1 Å². The monoisotopic (exact) mass is 345 g/mol. The maximum absolute atomic E-state index is 11.9. The molecule has 0 heterocycles. The van der Waals surface area contributed by atoms with E-state index in [0.717, 1.165) is 10.9 Å². The van der Waals surface area contributed by atoms with Gasteiger partial charge in [0.1, 0.15) is 0 Å². The van der Waals surface area contributed by atoms with Crippen molar-refractivity contribution in [1.29, 1.82) is 0 Å². The Balaban J connectivity index is 2.26. The Hall–Kier alpha value is -0.540. The number of halogens is 2. The van der Waals surface area contributed by atoms with Crippen LogP contribution in [0.15, 0.2) is 22.7 Å². The van der Waals surface area contributed by atoms with Crippen LogP contribution in [-0.2, 0) is 0 Å². The quantitative estimate of drug-likeness (QED) is 0.645. The van der Waals surface area contributed by atoms with Gasteiger partial charge in [0.05, 0.1) is 10.6 Å². The Kier molecular flexibility index (Phi) is 8.15. The first-order chi connectivity index (χ1) is 9.16. The molecule has 1 amide bonds. The molecule has 0 aliphatic heterocycles. The number of hydrogen-bond acceptors (Lipinski definition) is 1. The highest BCUT2D eigenvalue weighted by Crippen LogP contribution is 2.25. The van der Waals surface area contributed by atoms with Crippen molar-refractivity contribution >= 4 is 33.4 Å². The smallest absolute Gasteiger partial charge is 0.252 e. The molecule has 2 nitrogen and oxygen atoms in total. The molecule has 0 saturated heterocycles. The summed E-state index contributed by atoms with van der Waals surface area (Å²) in [6, 6.07) is 5.38. The topological polar surface area (TPSA) is 29.1 Å². The summed E-state index contributed by atoms with van der Waals surface area (Å²) in [5.74, 6) is -0.0974. The Labute approximate surface area is 129 Å². The van der Waals surface area contributed by atoms with Gasteiger partial charge >= 0.3 is 0 Å². The van der Waals surface area contributed by atoms with Gasteiger partial charge in [0.15, 0.2) is 0 Å². The highest BCUT2D eigenvalue weighted by Gasteiger charge is 2.11. The molecule has 1 aromatic carbocycles. The number of nitrogens with one attached hydrogen (secondary N) is 1. The molecule has 1 N–H and O–H groups in total. The van der Waals surface area contributed by atoms with Gasteiger partial charge in [-0.15, -0.1) is 0 Å². The molecule has 1 rings (SSSR count). The molecule has 0 radical (unpaired) electrons. The van der Waals surface area contributed by atoms with Crippen LogP contribution in [0.3, 0.4) is 0 Å². The predicted molar refractivity (Wildman–Crippen MR) is 84.9 cm³/mol. The average molecular weight is 347 g/mol. The summed E-state index contributed by atoms with van der Waals surface area (Å²) in [6.45, 7) is 2.93. The summed E-state index contributed by atoms with van der Waals surface area (Å²) in [6.07, 6.45) is 7.31. The van der Waals surface area contributed by atoms with E-state index < -0.39 is 0 Å². The molecule has 0 aliphatic rings. The summed E-state index contributed by atoms with van der Waals surface area (Å²) in [4.78, 5) is 11.9. The van der Waals surface area contributed by atoms with E-state index >= 15 is 0 Å². The van der Waals surface area contributed by atoms with Gasteiger partial charge in [-0.1, -0.05) is 56.7 Å². The van der Waals surface area contributed by atoms with E-state index in [0.29, 0.717) is 17.1 Å². The van der Waals surface area contributed by atoms with Crippen molar-refractivity contribution in [2.45, 2.75) is 45.4 Å². The highest BCUT2D eigenvalue weighted by molar-refractivity contribution is 9.10. The van der Waals surface area contributed by atoms with Crippen LogP contribution in [0.5, 0.6) is 0 Å². The molecular formula is C15H21BrClNO. The lowest BCUT2D eigenvalue weighted by Gasteiger charge is -2.07. The fourth-order valence-electron chi connectivity index (χ4n) is 1.88. The van der Waals surface area contributed by atoms with Crippen LogP contribution in [0, 0.1) is 0 Å². The second-order valence-electron chi connectivity index (χ2n) is 4.63. The zero-order chi connectivity index (χ0) is 14.1.